The van der Waals surface area contributed by atoms with Crippen LogP contribution in [0.1, 0.15) is 50.7 Å². The maximum absolute atomic E-state index is 3.50. The van der Waals surface area contributed by atoms with E-state index in [2.05, 4.69) is 147 Å². The summed E-state index contributed by atoms with van der Waals surface area (Å²) >= 11 is 1.46. The van der Waals surface area contributed by atoms with Crippen molar-refractivity contribution in [2.45, 2.75) is 39.5 Å². The topological polar surface area (TPSA) is 0 Å². The van der Waals surface area contributed by atoms with Crippen molar-refractivity contribution in [1.29, 1.82) is 0 Å². The predicted octanol–water partition coefficient (Wildman–Crippen LogP) is 4.02. The first-order valence-electron chi connectivity index (χ1n) is 13.7. The second kappa shape index (κ2) is 18.1. The Bertz CT molecular complexity index is 1410. The number of halogens is 2. The van der Waals surface area contributed by atoms with E-state index >= 15 is 0 Å². The van der Waals surface area contributed by atoms with Crippen LogP contribution in [0.15, 0.2) is 133 Å². The molecule has 0 aliphatic heterocycles. The van der Waals surface area contributed by atoms with E-state index in [0.29, 0.717) is 5.92 Å². The summed E-state index contributed by atoms with van der Waals surface area (Å²) in [6.45, 7) is 4.45. The van der Waals surface area contributed by atoms with Gasteiger partial charge in [0.2, 0.25) is 0 Å². The van der Waals surface area contributed by atoms with Crippen LogP contribution in [0.25, 0.3) is 21.5 Å². The van der Waals surface area contributed by atoms with Gasteiger partial charge in [0.15, 0.2) is 0 Å². The van der Waals surface area contributed by atoms with Crippen molar-refractivity contribution in [3.63, 3.8) is 0 Å². The van der Waals surface area contributed by atoms with Gasteiger partial charge in [0.1, 0.15) is 0 Å². The molecular formula is C37H36Cl2Zr-2. The summed E-state index contributed by atoms with van der Waals surface area (Å²) in [6.07, 6.45) is 13.0. The summed E-state index contributed by atoms with van der Waals surface area (Å²) in [6, 6.07) is 40.4. The Morgan fingerprint density at radius 1 is 0.675 bits per heavy atom. The number of fused-ring (bicyclic) bond motifs is 3. The van der Waals surface area contributed by atoms with Gasteiger partial charge in [-0.15, -0.1) is 39.7 Å². The summed E-state index contributed by atoms with van der Waals surface area (Å²) in [5.41, 5.74) is 4.08. The van der Waals surface area contributed by atoms with Gasteiger partial charge in [-0.3, -0.25) is 6.08 Å². The molecule has 3 heteroatoms. The van der Waals surface area contributed by atoms with Crippen LogP contribution in [0.3, 0.4) is 0 Å². The number of hydrogen-bond donors (Lipinski definition) is 0. The third-order valence-electron chi connectivity index (χ3n) is 6.67. The van der Waals surface area contributed by atoms with Crippen LogP contribution in [0.5, 0.6) is 0 Å². The first kappa shape index (κ1) is 33.8. The maximum Gasteiger partial charge on any atom is -0.0771 e. The molecule has 1 atom stereocenters. The third kappa shape index (κ3) is 9.59. The minimum Gasteiger partial charge on any atom is -0.126 e. The van der Waals surface area contributed by atoms with Gasteiger partial charge >= 0.3 is 99.2 Å². The zero-order valence-corrected chi connectivity index (χ0v) is 27.3. The predicted molar refractivity (Wildman–Crippen MR) is 162 cm³/mol. The minimum absolute atomic E-state index is 0. The van der Waals surface area contributed by atoms with Crippen molar-refractivity contribution >= 4 is 24.8 Å². The molecule has 0 radical (unpaired) electrons. The van der Waals surface area contributed by atoms with E-state index in [1.54, 1.807) is 0 Å². The molecule has 40 heavy (non-hydrogen) atoms. The molecule has 6 rings (SSSR count). The zero-order valence-electron chi connectivity index (χ0n) is 23.3. The SMILES string of the molecule is CCCC1=[C-]C(CCC)C=C1.[Cl-].[Cl-].[Zr+2]=[C](c1ccccc1)c1ccccc1.c1ccc2c(c1)[cH-]c1ccccc12. The first-order chi connectivity index (χ1) is 18.7. The molecule has 0 fully saturated rings. The normalized spacial score (nSPS) is 13.2. The van der Waals surface area contributed by atoms with Crippen LogP contribution in [-0.2, 0) is 24.2 Å². The van der Waals surface area contributed by atoms with Crippen molar-refractivity contribution in [2.75, 3.05) is 0 Å². The van der Waals surface area contributed by atoms with Gasteiger partial charge < -0.3 is 24.8 Å². The molecule has 0 saturated heterocycles. The van der Waals surface area contributed by atoms with Crippen LogP contribution >= 0.6 is 0 Å². The van der Waals surface area contributed by atoms with Crippen LogP contribution in [0.2, 0.25) is 0 Å². The van der Waals surface area contributed by atoms with Crippen molar-refractivity contribution < 1.29 is 49.0 Å². The first-order valence-corrected chi connectivity index (χ1v) is 15.0. The average Bonchev–Trinajstić information content (AvgIpc) is 3.59. The van der Waals surface area contributed by atoms with Gasteiger partial charge in [-0.1, -0.05) is 81.8 Å². The van der Waals surface area contributed by atoms with Gasteiger partial charge in [-0.2, -0.15) is 6.08 Å². The van der Waals surface area contributed by atoms with Gasteiger partial charge in [-0.25, -0.2) is 11.6 Å². The molecular weight excluding hydrogens is 607 g/mol. The minimum atomic E-state index is 0. The van der Waals surface area contributed by atoms with E-state index in [1.165, 1.54) is 91.4 Å². The Kier molecular flexibility index (Phi) is 15.3. The second-order valence-corrected chi connectivity index (χ2v) is 10.8. The summed E-state index contributed by atoms with van der Waals surface area (Å²) in [5, 5.41) is 5.39. The molecule has 0 bridgehead atoms. The second-order valence-electron chi connectivity index (χ2n) is 9.60. The Morgan fingerprint density at radius 3 is 1.62 bits per heavy atom. The summed E-state index contributed by atoms with van der Waals surface area (Å²) in [4.78, 5) is 0. The molecule has 1 aliphatic carbocycles. The molecule has 1 unspecified atom stereocenters. The molecule has 0 N–H and O–H groups in total. The smallest absolute Gasteiger partial charge is 0.0771 e. The molecule has 204 valence electrons. The molecule has 0 amide bonds. The molecule has 0 spiro atoms. The Morgan fingerprint density at radius 2 is 1.15 bits per heavy atom. The quantitative estimate of drug-likeness (QED) is 0.246. The maximum atomic E-state index is 3.50. The molecule has 0 saturated carbocycles. The standard InChI is InChI=1S/C13H9.C13H10.C11H17.2ClH.Zr/c1-3-7-12-10(5-1)9-11-6-2-4-8-13(11)12;1-3-7-12(8-4-1)11-13-9-5-2-6-10-13;1-3-5-10-7-8-11(9-10)6-4-2;;;/h1-9H;1-10H;7-8,10H,3-6H2,1-2H3;2*1H;/q-1;;-1;;;+2/p-2. The monoisotopic (exact) mass is 640 g/mol. The Balaban J connectivity index is 0.000000207. The Labute approximate surface area is 267 Å². The molecule has 0 heterocycles. The fraction of sp³-hybridized carbons (Fsp3) is 0.189. The van der Waals surface area contributed by atoms with Crippen molar-refractivity contribution in [3.8, 4) is 0 Å². The van der Waals surface area contributed by atoms with Crippen molar-refractivity contribution in [2.24, 2.45) is 5.92 Å². The van der Waals surface area contributed by atoms with E-state index in [9.17, 15) is 0 Å². The van der Waals surface area contributed by atoms with E-state index < -0.39 is 0 Å². The number of hydrogen-bond acceptors (Lipinski definition) is 0. The molecule has 0 aromatic heterocycles. The van der Waals surface area contributed by atoms with Gasteiger partial charge in [0.05, 0.1) is 0 Å². The van der Waals surface area contributed by atoms with Crippen LogP contribution in [-0.4, -0.2) is 3.21 Å². The van der Waals surface area contributed by atoms with Gasteiger partial charge in [0, 0.05) is 0 Å². The largest absolute Gasteiger partial charge is 0.126 e. The summed E-state index contributed by atoms with van der Waals surface area (Å²) in [5.74, 6) is 0.626. The number of benzene rings is 4. The van der Waals surface area contributed by atoms with Crippen LogP contribution in [0.4, 0.5) is 0 Å². The third-order valence-corrected chi connectivity index (χ3v) is 8.09. The van der Waals surface area contributed by atoms with E-state index in [0.717, 1.165) is 0 Å². The number of rotatable bonds is 6. The molecule has 1 aliphatic rings. The van der Waals surface area contributed by atoms with Crippen molar-refractivity contribution in [3.05, 3.63) is 150 Å². The van der Waals surface area contributed by atoms with E-state index in [4.69, 9.17) is 0 Å². The summed E-state index contributed by atoms with van der Waals surface area (Å²) < 4.78 is 1.42. The average molecular weight is 643 g/mol. The van der Waals surface area contributed by atoms with Crippen molar-refractivity contribution in [1.82, 2.24) is 0 Å². The Hall–Kier alpha value is -2.44. The fourth-order valence-electron chi connectivity index (χ4n) is 4.75. The van der Waals surface area contributed by atoms with E-state index in [1.807, 2.05) is 0 Å². The van der Waals surface area contributed by atoms with Crippen LogP contribution in [0, 0.1) is 12.0 Å². The van der Waals surface area contributed by atoms with Gasteiger partial charge in [-0.05, 0) is 0 Å². The van der Waals surface area contributed by atoms with Gasteiger partial charge in [0.25, 0.3) is 0 Å². The van der Waals surface area contributed by atoms with E-state index in [-0.39, 0.29) is 24.8 Å². The summed E-state index contributed by atoms with van der Waals surface area (Å²) in [7, 11) is 0. The molecule has 5 aromatic rings. The molecule has 0 nitrogen and oxygen atoms in total. The van der Waals surface area contributed by atoms with Crippen LogP contribution < -0.4 is 24.8 Å². The molecule has 5 aromatic carbocycles. The fourth-order valence-corrected chi connectivity index (χ4v) is 5.57. The zero-order chi connectivity index (χ0) is 26.6. The number of allylic oxidation sites excluding steroid dienone is 4.